The van der Waals surface area contributed by atoms with Gasteiger partial charge in [0.25, 0.3) is 0 Å². The molecule has 2 saturated heterocycles. The van der Waals surface area contributed by atoms with Crippen LogP contribution in [-0.4, -0.2) is 58.8 Å². The Balaban J connectivity index is 2.04. The van der Waals surface area contributed by atoms with E-state index in [-0.39, 0.29) is 24.8 Å². The Kier molecular flexibility index (Phi) is 3.63. The van der Waals surface area contributed by atoms with Gasteiger partial charge in [0.2, 0.25) is 5.91 Å². The molecule has 6 nitrogen and oxygen atoms in total. The first-order valence-electron chi connectivity index (χ1n) is 6.01. The van der Waals surface area contributed by atoms with E-state index in [0.717, 1.165) is 25.9 Å². The van der Waals surface area contributed by atoms with Crippen molar-refractivity contribution in [2.24, 2.45) is 5.92 Å². The third kappa shape index (κ3) is 2.58. The van der Waals surface area contributed by atoms with Gasteiger partial charge in [-0.25, -0.2) is 4.79 Å². The lowest BCUT2D eigenvalue weighted by Crippen LogP contribution is -2.46. The SMILES string of the molecule is O=C(O)C1CC(O)CN1C(=O)C1CCNCC1. The van der Waals surface area contributed by atoms with E-state index in [2.05, 4.69) is 5.32 Å². The molecule has 6 heteroatoms. The van der Waals surface area contributed by atoms with Crippen LogP contribution < -0.4 is 5.32 Å². The van der Waals surface area contributed by atoms with Crippen LogP contribution >= 0.6 is 0 Å². The van der Waals surface area contributed by atoms with Crippen LogP contribution in [0.3, 0.4) is 0 Å². The Morgan fingerprint density at radius 2 is 1.88 bits per heavy atom. The van der Waals surface area contributed by atoms with Gasteiger partial charge in [0.15, 0.2) is 0 Å². The van der Waals surface area contributed by atoms with Crippen molar-refractivity contribution in [1.82, 2.24) is 10.2 Å². The van der Waals surface area contributed by atoms with E-state index in [1.165, 1.54) is 4.90 Å². The van der Waals surface area contributed by atoms with Crippen LogP contribution in [0.25, 0.3) is 0 Å². The fraction of sp³-hybridized carbons (Fsp3) is 0.818. The summed E-state index contributed by atoms with van der Waals surface area (Å²) in [6.45, 7) is 1.74. The predicted molar refractivity (Wildman–Crippen MR) is 59.4 cm³/mol. The van der Waals surface area contributed by atoms with E-state index in [1.54, 1.807) is 0 Å². The Bertz CT molecular complexity index is 315. The number of carboxylic acids is 1. The molecule has 2 unspecified atom stereocenters. The third-order valence-corrected chi connectivity index (χ3v) is 3.54. The number of carbonyl (C=O) groups excluding carboxylic acids is 1. The topological polar surface area (TPSA) is 89.9 Å². The molecule has 96 valence electrons. The zero-order chi connectivity index (χ0) is 12.4. The van der Waals surface area contributed by atoms with Gasteiger partial charge in [-0.1, -0.05) is 0 Å². The molecule has 17 heavy (non-hydrogen) atoms. The van der Waals surface area contributed by atoms with Crippen molar-refractivity contribution in [2.75, 3.05) is 19.6 Å². The number of rotatable bonds is 2. The molecule has 0 bridgehead atoms. The van der Waals surface area contributed by atoms with Crippen LogP contribution in [0.1, 0.15) is 19.3 Å². The number of β-amino-alcohol motifs (C(OH)–C–C–N with tert-alkyl or cyclic N) is 1. The maximum absolute atomic E-state index is 12.2. The maximum atomic E-state index is 12.2. The summed E-state index contributed by atoms with van der Waals surface area (Å²) in [5.41, 5.74) is 0. The third-order valence-electron chi connectivity index (χ3n) is 3.54. The Labute approximate surface area is 99.6 Å². The van der Waals surface area contributed by atoms with Crippen molar-refractivity contribution in [3.05, 3.63) is 0 Å². The van der Waals surface area contributed by atoms with E-state index in [1.807, 2.05) is 0 Å². The van der Waals surface area contributed by atoms with E-state index in [0.29, 0.717) is 0 Å². The van der Waals surface area contributed by atoms with Gasteiger partial charge in [-0.05, 0) is 25.9 Å². The first-order chi connectivity index (χ1) is 8.09. The summed E-state index contributed by atoms with van der Waals surface area (Å²) in [5, 5.41) is 21.7. The molecule has 3 N–H and O–H groups in total. The van der Waals surface area contributed by atoms with Crippen molar-refractivity contribution in [3.63, 3.8) is 0 Å². The molecule has 0 saturated carbocycles. The maximum Gasteiger partial charge on any atom is 0.326 e. The summed E-state index contributed by atoms with van der Waals surface area (Å²) >= 11 is 0. The number of nitrogens with one attached hydrogen (secondary N) is 1. The highest BCUT2D eigenvalue weighted by molar-refractivity contribution is 5.86. The highest BCUT2D eigenvalue weighted by Gasteiger charge is 2.41. The molecule has 2 atom stereocenters. The molecule has 0 aromatic carbocycles. The predicted octanol–water partition coefficient (Wildman–Crippen LogP) is -0.968. The van der Waals surface area contributed by atoms with Crippen LogP contribution in [0, 0.1) is 5.92 Å². The van der Waals surface area contributed by atoms with Gasteiger partial charge in [-0.3, -0.25) is 4.79 Å². The van der Waals surface area contributed by atoms with Crippen LogP contribution in [0.5, 0.6) is 0 Å². The quantitative estimate of drug-likeness (QED) is 0.580. The van der Waals surface area contributed by atoms with Crippen molar-refractivity contribution in [3.8, 4) is 0 Å². The molecule has 2 aliphatic heterocycles. The Morgan fingerprint density at radius 1 is 1.24 bits per heavy atom. The largest absolute Gasteiger partial charge is 0.480 e. The number of likely N-dealkylation sites (tertiary alicyclic amines) is 1. The van der Waals surface area contributed by atoms with E-state index < -0.39 is 18.1 Å². The summed E-state index contributed by atoms with van der Waals surface area (Å²) < 4.78 is 0. The minimum Gasteiger partial charge on any atom is -0.480 e. The number of piperidine rings is 1. The van der Waals surface area contributed by atoms with Gasteiger partial charge >= 0.3 is 5.97 Å². The standard InChI is InChI=1S/C11H18N2O4/c14-8-5-9(11(16)17)13(6-8)10(15)7-1-3-12-4-2-7/h7-9,12,14H,1-6H2,(H,16,17). The fourth-order valence-corrected chi connectivity index (χ4v) is 2.59. The molecular weight excluding hydrogens is 224 g/mol. The molecule has 2 aliphatic rings. The van der Waals surface area contributed by atoms with Gasteiger partial charge in [-0.2, -0.15) is 0 Å². The van der Waals surface area contributed by atoms with E-state index >= 15 is 0 Å². The summed E-state index contributed by atoms with van der Waals surface area (Å²) in [4.78, 5) is 24.5. The number of aliphatic hydroxyl groups excluding tert-OH is 1. The van der Waals surface area contributed by atoms with Crippen molar-refractivity contribution in [2.45, 2.75) is 31.4 Å². The minimum atomic E-state index is -1.02. The summed E-state index contributed by atoms with van der Waals surface area (Å²) in [7, 11) is 0. The van der Waals surface area contributed by atoms with Gasteiger partial charge in [0.1, 0.15) is 6.04 Å². The minimum absolute atomic E-state index is 0.0941. The number of nitrogens with zero attached hydrogens (tertiary/aromatic N) is 1. The highest BCUT2D eigenvalue weighted by atomic mass is 16.4. The van der Waals surface area contributed by atoms with Crippen LogP contribution in [-0.2, 0) is 9.59 Å². The molecule has 0 radical (unpaired) electrons. The van der Waals surface area contributed by atoms with Crippen molar-refractivity contribution in [1.29, 1.82) is 0 Å². The molecule has 0 aliphatic carbocycles. The second-order valence-corrected chi connectivity index (χ2v) is 4.76. The van der Waals surface area contributed by atoms with Crippen LogP contribution in [0.4, 0.5) is 0 Å². The van der Waals surface area contributed by atoms with E-state index in [4.69, 9.17) is 5.11 Å². The average molecular weight is 242 g/mol. The summed E-state index contributed by atoms with van der Waals surface area (Å²) in [6.07, 6.45) is 0.934. The van der Waals surface area contributed by atoms with E-state index in [9.17, 15) is 14.7 Å². The highest BCUT2D eigenvalue weighted by Crippen LogP contribution is 2.23. The molecular formula is C11H18N2O4. The molecule has 2 fully saturated rings. The molecule has 2 rings (SSSR count). The fourth-order valence-electron chi connectivity index (χ4n) is 2.59. The number of hydrogen-bond donors (Lipinski definition) is 3. The Morgan fingerprint density at radius 3 is 2.47 bits per heavy atom. The number of carboxylic acid groups (broad SMARTS) is 1. The lowest BCUT2D eigenvalue weighted by Gasteiger charge is -2.29. The smallest absolute Gasteiger partial charge is 0.326 e. The van der Waals surface area contributed by atoms with Crippen molar-refractivity contribution >= 4 is 11.9 Å². The first kappa shape index (κ1) is 12.3. The van der Waals surface area contributed by atoms with Crippen molar-refractivity contribution < 1.29 is 19.8 Å². The molecule has 0 aromatic heterocycles. The normalized spacial score (nSPS) is 30.5. The number of carbonyl (C=O) groups is 2. The number of aliphatic carboxylic acids is 1. The monoisotopic (exact) mass is 242 g/mol. The lowest BCUT2D eigenvalue weighted by molar-refractivity contribution is -0.150. The number of aliphatic hydroxyl groups is 1. The second-order valence-electron chi connectivity index (χ2n) is 4.76. The summed E-state index contributed by atoms with van der Waals surface area (Å²) in [6, 6.07) is -0.854. The molecule has 0 spiro atoms. The molecule has 2 heterocycles. The van der Waals surface area contributed by atoms with Gasteiger partial charge < -0.3 is 20.4 Å². The number of hydrogen-bond acceptors (Lipinski definition) is 4. The first-order valence-corrected chi connectivity index (χ1v) is 6.01. The van der Waals surface area contributed by atoms with Gasteiger partial charge in [-0.15, -0.1) is 0 Å². The second kappa shape index (κ2) is 5.01. The zero-order valence-corrected chi connectivity index (χ0v) is 9.63. The zero-order valence-electron chi connectivity index (χ0n) is 9.63. The number of amides is 1. The van der Waals surface area contributed by atoms with Gasteiger partial charge in [0.05, 0.1) is 6.10 Å². The summed E-state index contributed by atoms with van der Waals surface area (Å²) in [5.74, 6) is -1.23. The van der Waals surface area contributed by atoms with Crippen LogP contribution in [0.15, 0.2) is 0 Å². The molecule has 1 amide bonds. The lowest BCUT2D eigenvalue weighted by atomic mass is 9.96. The van der Waals surface area contributed by atoms with Gasteiger partial charge in [0, 0.05) is 18.9 Å². The average Bonchev–Trinajstić information content (AvgIpc) is 2.72. The molecule has 0 aromatic rings. The Hall–Kier alpha value is -1.14. The van der Waals surface area contributed by atoms with Crippen LogP contribution in [0.2, 0.25) is 0 Å².